The lowest BCUT2D eigenvalue weighted by Gasteiger charge is -2.10. The number of nitro groups is 1. The number of anilines is 1. The van der Waals surface area contributed by atoms with E-state index in [9.17, 15) is 24.5 Å². The Kier molecular flexibility index (Phi) is 5.79. The van der Waals surface area contributed by atoms with Crippen molar-refractivity contribution in [2.24, 2.45) is 0 Å². The molecule has 2 aromatic rings. The summed E-state index contributed by atoms with van der Waals surface area (Å²) in [4.78, 5) is 46.1. The van der Waals surface area contributed by atoms with Gasteiger partial charge in [-0.05, 0) is 31.5 Å². The van der Waals surface area contributed by atoms with Gasteiger partial charge in [0.1, 0.15) is 5.56 Å². The second kappa shape index (κ2) is 8.02. The van der Waals surface area contributed by atoms with Gasteiger partial charge in [-0.3, -0.25) is 19.7 Å². The van der Waals surface area contributed by atoms with Crippen LogP contribution in [0.3, 0.4) is 0 Å². The SMILES string of the molecule is CC(=O)c1ccccc1NC(=O)COC(=O)c1c(C)cccc1[N+](=O)[O-]. The molecule has 0 aliphatic carbocycles. The topological polar surface area (TPSA) is 116 Å². The molecule has 0 heterocycles. The van der Waals surface area contributed by atoms with Crippen molar-refractivity contribution in [2.75, 3.05) is 11.9 Å². The largest absolute Gasteiger partial charge is 0.452 e. The van der Waals surface area contributed by atoms with Crippen LogP contribution in [0.25, 0.3) is 0 Å². The lowest BCUT2D eigenvalue weighted by Crippen LogP contribution is -2.22. The van der Waals surface area contributed by atoms with E-state index in [0.717, 1.165) is 0 Å². The Labute approximate surface area is 148 Å². The number of ketones is 1. The number of Topliss-reactive ketones (excluding diaryl/α,β-unsaturated/α-hetero) is 1. The Hall–Kier alpha value is -3.55. The maximum Gasteiger partial charge on any atom is 0.345 e. The molecule has 134 valence electrons. The Balaban J connectivity index is 2.08. The fourth-order valence-corrected chi connectivity index (χ4v) is 2.36. The number of hydrogen-bond donors (Lipinski definition) is 1. The Morgan fingerprint density at radius 3 is 2.46 bits per heavy atom. The summed E-state index contributed by atoms with van der Waals surface area (Å²) < 4.78 is 4.89. The minimum absolute atomic E-state index is 0.200. The highest BCUT2D eigenvalue weighted by atomic mass is 16.6. The van der Waals surface area contributed by atoms with Crippen LogP contribution in [0.5, 0.6) is 0 Å². The predicted octanol–water partition coefficient (Wildman–Crippen LogP) is 2.90. The third-order valence-electron chi connectivity index (χ3n) is 3.57. The van der Waals surface area contributed by atoms with E-state index in [2.05, 4.69) is 5.32 Å². The summed E-state index contributed by atoms with van der Waals surface area (Å²) in [7, 11) is 0. The molecule has 0 bridgehead atoms. The summed E-state index contributed by atoms with van der Waals surface area (Å²) in [6.45, 7) is 2.26. The van der Waals surface area contributed by atoms with Gasteiger partial charge in [0.15, 0.2) is 12.4 Å². The van der Waals surface area contributed by atoms with Crippen LogP contribution in [0, 0.1) is 17.0 Å². The highest BCUT2D eigenvalue weighted by Crippen LogP contribution is 2.22. The lowest BCUT2D eigenvalue weighted by atomic mass is 10.1. The number of carbonyl (C=O) groups excluding carboxylic acids is 3. The molecule has 26 heavy (non-hydrogen) atoms. The molecule has 0 aliphatic rings. The normalized spacial score (nSPS) is 10.1. The first-order valence-corrected chi connectivity index (χ1v) is 7.62. The molecular formula is C18H16N2O6. The van der Waals surface area contributed by atoms with Gasteiger partial charge in [-0.25, -0.2) is 4.79 Å². The number of amides is 1. The molecule has 0 saturated carbocycles. The molecule has 2 rings (SSSR count). The van der Waals surface area contributed by atoms with E-state index in [0.29, 0.717) is 16.8 Å². The molecule has 8 nitrogen and oxygen atoms in total. The van der Waals surface area contributed by atoms with Crippen molar-refractivity contribution in [1.29, 1.82) is 0 Å². The first-order chi connectivity index (χ1) is 12.3. The quantitative estimate of drug-likeness (QED) is 0.368. The van der Waals surface area contributed by atoms with E-state index in [4.69, 9.17) is 4.74 Å². The zero-order chi connectivity index (χ0) is 19.3. The summed E-state index contributed by atoms with van der Waals surface area (Å²) in [5, 5.41) is 13.5. The van der Waals surface area contributed by atoms with Crippen LogP contribution in [0.2, 0.25) is 0 Å². The van der Waals surface area contributed by atoms with Gasteiger partial charge in [-0.15, -0.1) is 0 Å². The van der Waals surface area contributed by atoms with Gasteiger partial charge in [0.2, 0.25) is 0 Å². The van der Waals surface area contributed by atoms with Crippen LogP contribution in [-0.2, 0) is 9.53 Å². The number of benzene rings is 2. The fourth-order valence-electron chi connectivity index (χ4n) is 2.36. The molecule has 1 N–H and O–H groups in total. The molecule has 0 aromatic heterocycles. The third kappa shape index (κ3) is 4.29. The number of nitrogens with one attached hydrogen (secondary N) is 1. The van der Waals surface area contributed by atoms with Gasteiger partial charge in [0.25, 0.3) is 11.6 Å². The van der Waals surface area contributed by atoms with Gasteiger partial charge < -0.3 is 10.1 Å². The minimum atomic E-state index is -0.968. The van der Waals surface area contributed by atoms with Crippen LogP contribution in [0.15, 0.2) is 42.5 Å². The van der Waals surface area contributed by atoms with Gasteiger partial charge in [0, 0.05) is 11.6 Å². The number of carbonyl (C=O) groups is 3. The maximum atomic E-state index is 12.2. The molecule has 0 spiro atoms. The zero-order valence-corrected chi connectivity index (χ0v) is 14.1. The summed E-state index contributed by atoms with van der Waals surface area (Å²) >= 11 is 0. The average Bonchev–Trinajstić information content (AvgIpc) is 2.59. The van der Waals surface area contributed by atoms with Gasteiger partial charge in [0.05, 0.1) is 10.6 Å². The van der Waals surface area contributed by atoms with Crippen molar-refractivity contribution in [2.45, 2.75) is 13.8 Å². The molecule has 0 radical (unpaired) electrons. The number of hydrogen-bond acceptors (Lipinski definition) is 6. The highest BCUT2D eigenvalue weighted by Gasteiger charge is 2.24. The van der Waals surface area contributed by atoms with E-state index >= 15 is 0 Å². The molecular weight excluding hydrogens is 340 g/mol. The molecule has 0 saturated heterocycles. The Morgan fingerprint density at radius 1 is 1.12 bits per heavy atom. The van der Waals surface area contributed by atoms with E-state index in [1.807, 2.05) is 0 Å². The van der Waals surface area contributed by atoms with Crippen molar-refractivity contribution in [1.82, 2.24) is 0 Å². The smallest absolute Gasteiger partial charge is 0.345 e. The molecule has 0 aliphatic heterocycles. The number of nitro benzene ring substituents is 1. The van der Waals surface area contributed by atoms with Gasteiger partial charge >= 0.3 is 5.97 Å². The molecule has 0 atom stereocenters. The number of nitrogens with zero attached hydrogens (tertiary/aromatic N) is 1. The van der Waals surface area contributed by atoms with Crippen molar-refractivity contribution in [3.63, 3.8) is 0 Å². The minimum Gasteiger partial charge on any atom is -0.452 e. The first-order valence-electron chi connectivity index (χ1n) is 7.62. The number of ether oxygens (including phenoxy) is 1. The molecule has 0 unspecified atom stereocenters. The van der Waals surface area contributed by atoms with Crippen LogP contribution in [0.1, 0.15) is 33.2 Å². The van der Waals surface area contributed by atoms with Crippen molar-refractivity contribution >= 4 is 29.0 Å². The van der Waals surface area contributed by atoms with E-state index in [1.54, 1.807) is 24.3 Å². The summed E-state index contributed by atoms with van der Waals surface area (Å²) in [6, 6.07) is 10.6. The molecule has 0 fully saturated rings. The molecule has 2 aromatic carbocycles. The summed E-state index contributed by atoms with van der Waals surface area (Å²) in [6.07, 6.45) is 0. The van der Waals surface area contributed by atoms with Crippen molar-refractivity contribution in [3.8, 4) is 0 Å². The van der Waals surface area contributed by atoms with Crippen molar-refractivity contribution < 1.29 is 24.0 Å². The van der Waals surface area contributed by atoms with E-state index in [1.165, 1.54) is 32.0 Å². The number of para-hydroxylation sites is 1. The first kappa shape index (κ1) is 18.8. The summed E-state index contributed by atoms with van der Waals surface area (Å²) in [5.41, 5.74) is 0.392. The number of aryl methyl sites for hydroxylation is 1. The number of rotatable bonds is 6. The predicted molar refractivity (Wildman–Crippen MR) is 93.2 cm³/mol. The zero-order valence-electron chi connectivity index (χ0n) is 14.1. The second-order valence-corrected chi connectivity index (χ2v) is 5.45. The summed E-state index contributed by atoms with van der Waals surface area (Å²) in [5.74, 6) is -1.86. The van der Waals surface area contributed by atoms with E-state index in [-0.39, 0.29) is 11.3 Å². The van der Waals surface area contributed by atoms with Crippen LogP contribution in [0.4, 0.5) is 11.4 Å². The second-order valence-electron chi connectivity index (χ2n) is 5.45. The maximum absolute atomic E-state index is 12.2. The highest BCUT2D eigenvalue weighted by molar-refractivity contribution is 6.04. The third-order valence-corrected chi connectivity index (χ3v) is 3.57. The van der Waals surface area contributed by atoms with Crippen molar-refractivity contribution in [3.05, 3.63) is 69.3 Å². The Bertz CT molecular complexity index is 891. The Morgan fingerprint density at radius 2 is 1.81 bits per heavy atom. The van der Waals surface area contributed by atoms with Gasteiger partial charge in [-0.2, -0.15) is 0 Å². The van der Waals surface area contributed by atoms with E-state index < -0.39 is 29.1 Å². The van der Waals surface area contributed by atoms with Crippen LogP contribution >= 0.6 is 0 Å². The monoisotopic (exact) mass is 356 g/mol. The van der Waals surface area contributed by atoms with Crippen LogP contribution < -0.4 is 5.32 Å². The standard InChI is InChI=1S/C18H16N2O6/c1-11-6-5-9-15(20(24)25)17(11)18(23)26-10-16(22)19-14-8-4-3-7-13(14)12(2)21/h3-9H,10H2,1-2H3,(H,19,22). The molecule has 1 amide bonds. The van der Waals surface area contributed by atoms with Gasteiger partial charge in [-0.1, -0.05) is 24.3 Å². The lowest BCUT2D eigenvalue weighted by molar-refractivity contribution is -0.385. The van der Waals surface area contributed by atoms with Crippen LogP contribution in [-0.4, -0.2) is 29.2 Å². The fraction of sp³-hybridized carbons (Fsp3) is 0.167. The molecule has 8 heteroatoms. The average molecular weight is 356 g/mol. The number of esters is 1.